The monoisotopic (exact) mass is 319 g/mol. The second-order valence-corrected chi connectivity index (χ2v) is 5.89. The molecule has 126 valence electrons. The Labute approximate surface area is 137 Å². The summed E-state index contributed by atoms with van der Waals surface area (Å²) in [4.78, 5) is 25.4. The number of benzene rings is 1. The molecule has 1 heterocycles. The summed E-state index contributed by atoms with van der Waals surface area (Å²) >= 11 is 0. The van der Waals surface area contributed by atoms with Crippen LogP contribution in [-0.4, -0.2) is 56.6 Å². The minimum absolute atomic E-state index is 0.00461. The number of hydrogen-bond acceptors (Lipinski definition) is 4. The van der Waals surface area contributed by atoms with Gasteiger partial charge in [0.15, 0.2) is 0 Å². The van der Waals surface area contributed by atoms with Gasteiger partial charge >= 0.3 is 0 Å². The highest BCUT2D eigenvalue weighted by Gasteiger charge is 2.16. The topological polar surface area (TPSA) is 70.7 Å². The van der Waals surface area contributed by atoms with Gasteiger partial charge in [0.2, 0.25) is 5.91 Å². The first-order chi connectivity index (χ1) is 11.1. The third kappa shape index (κ3) is 5.65. The van der Waals surface area contributed by atoms with Gasteiger partial charge < -0.3 is 15.4 Å². The highest BCUT2D eigenvalue weighted by atomic mass is 16.5. The molecule has 0 aromatic heterocycles. The van der Waals surface area contributed by atoms with E-state index in [-0.39, 0.29) is 17.9 Å². The van der Waals surface area contributed by atoms with Crippen LogP contribution in [0.15, 0.2) is 24.3 Å². The van der Waals surface area contributed by atoms with Crippen LogP contribution in [0.3, 0.4) is 0 Å². The summed E-state index contributed by atoms with van der Waals surface area (Å²) in [6, 6.07) is 7.40. The van der Waals surface area contributed by atoms with Gasteiger partial charge in [-0.2, -0.15) is 0 Å². The summed E-state index contributed by atoms with van der Waals surface area (Å²) in [5.41, 5.74) is 1.69. The Morgan fingerprint density at radius 1 is 1.30 bits per heavy atom. The summed E-state index contributed by atoms with van der Waals surface area (Å²) in [5, 5.41) is 5.51. The third-order valence-electron chi connectivity index (χ3n) is 3.86. The van der Waals surface area contributed by atoms with Crippen molar-refractivity contribution in [3.8, 4) is 0 Å². The zero-order chi connectivity index (χ0) is 16.7. The fourth-order valence-corrected chi connectivity index (χ4v) is 2.61. The maximum atomic E-state index is 11.9. The number of ether oxygens (including phenoxy) is 1. The number of amides is 2. The molecule has 2 rings (SSSR count). The van der Waals surface area contributed by atoms with Gasteiger partial charge in [0.1, 0.15) is 0 Å². The maximum Gasteiger partial charge on any atom is 0.251 e. The van der Waals surface area contributed by atoms with E-state index >= 15 is 0 Å². The molecule has 1 aromatic rings. The van der Waals surface area contributed by atoms with Crippen LogP contribution in [0.5, 0.6) is 0 Å². The van der Waals surface area contributed by atoms with E-state index in [1.165, 1.54) is 0 Å². The fraction of sp³-hybridized carbons (Fsp3) is 0.529. The number of rotatable bonds is 7. The van der Waals surface area contributed by atoms with Crippen molar-refractivity contribution in [3.05, 3.63) is 35.4 Å². The summed E-state index contributed by atoms with van der Waals surface area (Å²) in [6.07, 6.45) is 2.27. The molecule has 2 amide bonds. The lowest BCUT2D eigenvalue weighted by molar-refractivity contribution is -0.122. The first-order valence-electron chi connectivity index (χ1n) is 7.96. The number of nitrogens with one attached hydrogen (secondary N) is 2. The molecule has 0 spiro atoms. The predicted octanol–water partition coefficient (Wildman–Crippen LogP) is 0.773. The number of hydrogen-bond donors (Lipinski definition) is 2. The highest BCUT2D eigenvalue weighted by Crippen LogP contribution is 2.10. The molecule has 0 radical (unpaired) electrons. The van der Waals surface area contributed by atoms with Gasteiger partial charge in [0.25, 0.3) is 5.91 Å². The van der Waals surface area contributed by atoms with E-state index in [1.807, 2.05) is 24.1 Å². The van der Waals surface area contributed by atoms with E-state index < -0.39 is 0 Å². The van der Waals surface area contributed by atoms with E-state index in [1.54, 1.807) is 19.2 Å². The highest BCUT2D eigenvalue weighted by molar-refractivity contribution is 5.93. The first-order valence-corrected chi connectivity index (χ1v) is 7.96. The number of likely N-dealkylation sites (N-methyl/N-ethyl adjacent to an activating group) is 1. The van der Waals surface area contributed by atoms with Gasteiger partial charge in [-0.3, -0.25) is 14.5 Å². The Bertz CT molecular complexity index is 524. The Kier molecular flexibility index (Phi) is 6.55. The van der Waals surface area contributed by atoms with Crippen LogP contribution in [0.2, 0.25) is 0 Å². The van der Waals surface area contributed by atoms with Crippen molar-refractivity contribution in [1.82, 2.24) is 15.5 Å². The van der Waals surface area contributed by atoms with E-state index in [2.05, 4.69) is 10.6 Å². The molecule has 23 heavy (non-hydrogen) atoms. The van der Waals surface area contributed by atoms with E-state index in [0.29, 0.717) is 25.2 Å². The zero-order valence-corrected chi connectivity index (χ0v) is 13.8. The van der Waals surface area contributed by atoms with Gasteiger partial charge in [-0.25, -0.2) is 0 Å². The second kappa shape index (κ2) is 8.64. The molecule has 0 aliphatic carbocycles. The van der Waals surface area contributed by atoms with Crippen LogP contribution >= 0.6 is 0 Å². The first kappa shape index (κ1) is 17.4. The Balaban J connectivity index is 1.73. The summed E-state index contributed by atoms with van der Waals surface area (Å²) in [6.45, 7) is 2.38. The van der Waals surface area contributed by atoms with E-state index in [4.69, 9.17) is 4.74 Å². The van der Waals surface area contributed by atoms with Gasteiger partial charge in [-0.1, -0.05) is 12.1 Å². The van der Waals surface area contributed by atoms with E-state index in [0.717, 1.165) is 25.0 Å². The van der Waals surface area contributed by atoms with Crippen molar-refractivity contribution in [2.45, 2.75) is 25.5 Å². The molecule has 1 saturated heterocycles. The summed E-state index contributed by atoms with van der Waals surface area (Å²) in [5.74, 6) is -0.0941. The predicted molar refractivity (Wildman–Crippen MR) is 88.1 cm³/mol. The van der Waals surface area contributed by atoms with Crippen molar-refractivity contribution in [2.24, 2.45) is 0 Å². The quantitative estimate of drug-likeness (QED) is 0.779. The molecule has 1 aliphatic heterocycles. The van der Waals surface area contributed by atoms with Crippen molar-refractivity contribution < 1.29 is 14.3 Å². The standard InChI is InChI=1S/C17H25N3O3/c1-18-17(22)14-7-5-13(6-8-14)11-20(2)12-16(21)19-10-15-4-3-9-23-15/h5-8,15H,3-4,9-12H2,1-2H3,(H,18,22)(H,19,21). The van der Waals surface area contributed by atoms with Gasteiger partial charge in [-0.05, 0) is 37.6 Å². The minimum Gasteiger partial charge on any atom is -0.376 e. The minimum atomic E-state index is -0.0987. The van der Waals surface area contributed by atoms with Crippen LogP contribution < -0.4 is 10.6 Å². The molecule has 1 fully saturated rings. The molecule has 6 heteroatoms. The molecule has 1 aliphatic rings. The molecule has 0 bridgehead atoms. The van der Waals surface area contributed by atoms with Gasteiger partial charge in [-0.15, -0.1) is 0 Å². The lowest BCUT2D eigenvalue weighted by atomic mass is 10.1. The average Bonchev–Trinajstić information content (AvgIpc) is 3.06. The van der Waals surface area contributed by atoms with E-state index in [9.17, 15) is 9.59 Å². The molecular weight excluding hydrogens is 294 g/mol. The summed E-state index contributed by atoms with van der Waals surface area (Å²) in [7, 11) is 3.51. The zero-order valence-electron chi connectivity index (χ0n) is 13.8. The molecular formula is C17H25N3O3. The van der Waals surface area contributed by atoms with Gasteiger partial charge in [0.05, 0.1) is 12.6 Å². The van der Waals surface area contributed by atoms with Crippen molar-refractivity contribution in [2.75, 3.05) is 33.8 Å². The number of nitrogens with zero attached hydrogens (tertiary/aromatic N) is 1. The van der Waals surface area contributed by atoms with Crippen LogP contribution in [-0.2, 0) is 16.1 Å². The molecule has 6 nitrogen and oxygen atoms in total. The smallest absolute Gasteiger partial charge is 0.251 e. The van der Waals surface area contributed by atoms with Crippen LogP contribution in [0.25, 0.3) is 0 Å². The van der Waals surface area contributed by atoms with Crippen molar-refractivity contribution >= 4 is 11.8 Å². The second-order valence-electron chi connectivity index (χ2n) is 5.89. The molecule has 1 atom stereocenters. The molecule has 2 N–H and O–H groups in total. The SMILES string of the molecule is CNC(=O)c1ccc(CN(C)CC(=O)NCC2CCCO2)cc1. The Hall–Kier alpha value is -1.92. The maximum absolute atomic E-state index is 11.9. The number of carbonyl (C=O) groups is 2. The fourth-order valence-electron chi connectivity index (χ4n) is 2.61. The van der Waals surface area contributed by atoms with Gasteiger partial charge in [0, 0.05) is 32.3 Å². The lowest BCUT2D eigenvalue weighted by Gasteiger charge is -2.17. The average molecular weight is 319 g/mol. The summed E-state index contributed by atoms with van der Waals surface area (Å²) < 4.78 is 5.48. The molecule has 1 unspecified atom stereocenters. The molecule has 0 saturated carbocycles. The largest absolute Gasteiger partial charge is 0.376 e. The van der Waals surface area contributed by atoms with Crippen molar-refractivity contribution in [1.29, 1.82) is 0 Å². The number of carbonyl (C=O) groups excluding carboxylic acids is 2. The normalized spacial score (nSPS) is 17.3. The van der Waals surface area contributed by atoms with Crippen LogP contribution in [0.4, 0.5) is 0 Å². The van der Waals surface area contributed by atoms with Crippen LogP contribution in [0.1, 0.15) is 28.8 Å². The molecule has 1 aromatic carbocycles. The van der Waals surface area contributed by atoms with Crippen LogP contribution in [0, 0.1) is 0 Å². The Morgan fingerprint density at radius 3 is 2.65 bits per heavy atom. The lowest BCUT2D eigenvalue weighted by Crippen LogP contribution is -2.38. The third-order valence-corrected chi connectivity index (χ3v) is 3.86. The Morgan fingerprint density at radius 2 is 2.04 bits per heavy atom. The van der Waals surface area contributed by atoms with Crippen molar-refractivity contribution in [3.63, 3.8) is 0 Å².